The van der Waals surface area contributed by atoms with Crippen molar-refractivity contribution >= 4 is 0 Å². The van der Waals surface area contributed by atoms with E-state index in [2.05, 4.69) is 86.6 Å². The Morgan fingerprint density at radius 2 is 0.783 bits per heavy atom. The number of aryl methyl sites for hydroxylation is 4. The second-order valence-corrected chi connectivity index (χ2v) is 15.0. The molecule has 0 unspecified atom stereocenters. The molecule has 3 aliphatic carbocycles. The lowest BCUT2D eigenvalue weighted by Gasteiger charge is -2.33. The zero-order valence-corrected chi connectivity index (χ0v) is 28.9. The van der Waals surface area contributed by atoms with E-state index in [1.807, 2.05) is 0 Å². The summed E-state index contributed by atoms with van der Waals surface area (Å²) in [5.74, 6) is 0. The topological polar surface area (TPSA) is 0 Å². The first-order valence-electron chi connectivity index (χ1n) is 19.2. The molecule has 0 N–H and O–H groups in total. The zero-order valence-electron chi connectivity index (χ0n) is 28.9. The first kappa shape index (κ1) is 31.5. The van der Waals surface area contributed by atoms with Crippen LogP contribution in [0.4, 0.5) is 0 Å². The van der Waals surface area contributed by atoms with Crippen molar-refractivity contribution in [3.8, 4) is 22.3 Å². The summed E-state index contributed by atoms with van der Waals surface area (Å²) in [6, 6.07) is 30.0. The van der Waals surface area contributed by atoms with Crippen LogP contribution in [-0.2, 0) is 37.5 Å². The Hall–Kier alpha value is -3.12. The third-order valence-corrected chi connectivity index (χ3v) is 11.8. The second kappa shape index (κ2) is 14.3. The van der Waals surface area contributed by atoms with Crippen molar-refractivity contribution in [1.82, 2.24) is 0 Å². The van der Waals surface area contributed by atoms with Crippen LogP contribution in [0.3, 0.4) is 0 Å². The van der Waals surface area contributed by atoms with E-state index >= 15 is 0 Å². The minimum Gasteiger partial charge on any atom is -0.0654 e. The van der Waals surface area contributed by atoms with Crippen molar-refractivity contribution in [3.05, 3.63) is 117 Å². The molecule has 46 heavy (non-hydrogen) atoms. The standard InChI is InChI=1S/C46H56/c1-3-5-7-9-11-13-27-46(28-14-12-10-8-6-4-2)44-31-36-17-15-34-19-23-40-38(29-34)33-39-30-35(20-24-41(39)40)16-18-37-22-26-43(45(46)32-37)42(44)25-21-36/h19-26,29-32H,3-18,27-28,33H2,1-2H3. The summed E-state index contributed by atoms with van der Waals surface area (Å²) in [5, 5.41) is 0. The van der Waals surface area contributed by atoms with Crippen LogP contribution >= 0.6 is 0 Å². The average molecular weight is 609 g/mol. The van der Waals surface area contributed by atoms with Crippen LogP contribution in [-0.4, -0.2) is 0 Å². The Bertz CT molecular complexity index is 1530. The van der Waals surface area contributed by atoms with Gasteiger partial charge in [-0.2, -0.15) is 0 Å². The molecule has 8 bridgehead atoms. The van der Waals surface area contributed by atoms with E-state index in [0.717, 1.165) is 32.1 Å². The zero-order chi connectivity index (χ0) is 31.3. The molecule has 0 nitrogen and oxygen atoms in total. The first-order chi connectivity index (χ1) is 22.7. The van der Waals surface area contributed by atoms with E-state index in [1.165, 1.54) is 146 Å². The largest absolute Gasteiger partial charge is 0.0654 e. The van der Waals surface area contributed by atoms with Crippen molar-refractivity contribution in [2.24, 2.45) is 0 Å². The van der Waals surface area contributed by atoms with E-state index in [1.54, 1.807) is 11.1 Å². The van der Waals surface area contributed by atoms with Gasteiger partial charge in [-0.1, -0.05) is 164 Å². The van der Waals surface area contributed by atoms with Crippen LogP contribution < -0.4 is 0 Å². The summed E-state index contributed by atoms with van der Waals surface area (Å²) in [7, 11) is 0. The van der Waals surface area contributed by atoms with Crippen molar-refractivity contribution in [2.45, 2.75) is 141 Å². The SMILES string of the molecule is CCCCCCCCC1(CCCCCCCC)c2cc3ccc2-c2ccc(cc21)CCc1ccc2c(c1)Cc1cc(ccc1-2)CC3. The highest BCUT2D eigenvalue weighted by molar-refractivity contribution is 5.82. The number of benzene rings is 4. The molecule has 0 atom stereocenters. The van der Waals surface area contributed by atoms with Gasteiger partial charge < -0.3 is 0 Å². The van der Waals surface area contributed by atoms with E-state index < -0.39 is 0 Å². The minimum absolute atomic E-state index is 0.157. The van der Waals surface area contributed by atoms with Gasteiger partial charge in [0.05, 0.1) is 0 Å². The van der Waals surface area contributed by atoms with E-state index in [4.69, 9.17) is 0 Å². The molecule has 0 amide bonds. The van der Waals surface area contributed by atoms with E-state index in [0.29, 0.717) is 0 Å². The highest BCUT2D eigenvalue weighted by atomic mass is 14.5. The Balaban J connectivity index is 1.26. The van der Waals surface area contributed by atoms with Crippen LogP contribution in [0.2, 0.25) is 0 Å². The average Bonchev–Trinajstić information content (AvgIpc) is 3.57. The molecule has 7 rings (SSSR count). The summed E-state index contributed by atoms with van der Waals surface area (Å²) < 4.78 is 0. The van der Waals surface area contributed by atoms with Gasteiger partial charge in [-0.3, -0.25) is 0 Å². The lowest BCUT2D eigenvalue weighted by molar-refractivity contribution is 0.397. The molecule has 0 spiro atoms. The van der Waals surface area contributed by atoms with Crippen molar-refractivity contribution in [2.75, 3.05) is 0 Å². The molecule has 0 fully saturated rings. The van der Waals surface area contributed by atoms with Gasteiger partial charge in [-0.25, -0.2) is 0 Å². The normalized spacial score (nSPS) is 15.3. The Morgan fingerprint density at radius 3 is 1.22 bits per heavy atom. The smallest absolute Gasteiger partial charge is 0.0215 e. The number of rotatable bonds is 14. The maximum Gasteiger partial charge on any atom is 0.0215 e. The quantitative estimate of drug-likeness (QED) is 0.110. The molecule has 4 aromatic rings. The summed E-state index contributed by atoms with van der Waals surface area (Å²) in [6.45, 7) is 4.66. The first-order valence-corrected chi connectivity index (χ1v) is 19.2. The third kappa shape index (κ3) is 6.39. The lowest BCUT2D eigenvalue weighted by atomic mass is 9.70. The molecule has 3 aliphatic rings. The van der Waals surface area contributed by atoms with Gasteiger partial charge in [0.1, 0.15) is 0 Å². The maximum absolute atomic E-state index is 2.68. The molecule has 0 aliphatic heterocycles. The number of fused-ring (bicyclic) bond motifs is 6. The molecule has 4 aromatic carbocycles. The minimum atomic E-state index is 0.157. The molecular weight excluding hydrogens is 553 g/mol. The lowest BCUT2D eigenvalue weighted by Crippen LogP contribution is -2.26. The van der Waals surface area contributed by atoms with Crippen molar-refractivity contribution < 1.29 is 0 Å². The molecule has 240 valence electrons. The van der Waals surface area contributed by atoms with Gasteiger partial charge in [0.15, 0.2) is 0 Å². The Kier molecular flexibility index (Phi) is 9.81. The summed E-state index contributed by atoms with van der Waals surface area (Å²) in [4.78, 5) is 0. The predicted octanol–water partition coefficient (Wildman–Crippen LogP) is 12.9. The molecular formula is C46H56. The summed E-state index contributed by atoms with van der Waals surface area (Å²) in [5.41, 5.74) is 18.5. The fraction of sp³-hybridized carbons (Fsp3) is 0.478. The third-order valence-electron chi connectivity index (χ3n) is 11.8. The van der Waals surface area contributed by atoms with Gasteiger partial charge in [0.2, 0.25) is 0 Å². The second-order valence-electron chi connectivity index (χ2n) is 15.0. The van der Waals surface area contributed by atoms with Crippen LogP contribution in [0.1, 0.15) is 148 Å². The van der Waals surface area contributed by atoms with Gasteiger partial charge in [0.25, 0.3) is 0 Å². The molecule has 0 saturated carbocycles. The number of hydrogen-bond acceptors (Lipinski definition) is 0. The molecule has 0 heterocycles. The van der Waals surface area contributed by atoms with Gasteiger partial charge in [-0.05, 0) is 112 Å². The Labute approximate surface area is 280 Å². The summed E-state index contributed by atoms with van der Waals surface area (Å²) in [6.07, 6.45) is 24.6. The van der Waals surface area contributed by atoms with Crippen molar-refractivity contribution in [1.29, 1.82) is 0 Å². The van der Waals surface area contributed by atoms with Crippen LogP contribution in [0.5, 0.6) is 0 Å². The fourth-order valence-corrected chi connectivity index (χ4v) is 9.18. The van der Waals surface area contributed by atoms with Crippen LogP contribution in [0, 0.1) is 0 Å². The molecule has 0 heteroatoms. The Morgan fingerprint density at radius 1 is 0.413 bits per heavy atom. The van der Waals surface area contributed by atoms with Crippen LogP contribution in [0.25, 0.3) is 22.3 Å². The van der Waals surface area contributed by atoms with E-state index in [-0.39, 0.29) is 5.41 Å². The number of hydrogen-bond donors (Lipinski definition) is 0. The van der Waals surface area contributed by atoms with Gasteiger partial charge in [-0.15, -0.1) is 0 Å². The van der Waals surface area contributed by atoms with Crippen LogP contribution in [0.15, 0.2) is 72.8 Å². The highest BCUT2D eigenvalue weighted by Gasteiger charge is 2.42. The number of unbranched alkanes of at least 4 members (excludes halogenated alkanes) is 10. The fourth-order valence-electron chi connectivity index (χ4n) is 9.18. The van der Waals surface area contributed by atoms with Gasteiger partial charge >= 0.3 is 0 Å². The van der Waals surface area contributed by atoms with Crippen molar-refractivity contribution in [3.63, 3.8) is 0 Å². The van der Waals surface area contributed by atoms with Gasteiger partial charge in [0, 0.05) is 5.41 Å². The monoisotopic (exact) mass is 608 g/mol. The molecule has 0 aromatic heterocycles. The molecule has 0 saturated heterocycles. The molecule has 0 radical (unpaired) electrons. The van der Waals surface area contributed by atoms with E-state index in [9.17, 15) is 0 Å². The maximum atomic E-state index is 2.68. The highest BCUT2D eigenvalue weighted by Crippen LogP contribution is 2.55. The predicted molar refractivity (Wildman–Crippen MR) is 198 cm³/mol. The summed E-state index contributed by atoms with van der Waals surface area (Å²) >= 11 is 0.